The van der Waals surface area contributed by atoms with Crippen molar-refractivity contribution in [1.29, 1.82) is 0 Å². The van der Waals surface area contributed by atoms with E-state index in [0.29, 0.717) is 31.1 Å². The van der Waals surface area contributed by atoms with Crippen molar-refractivity contribution in [2.45, 2.75) is 32.6 Å². The maximum atomic E-state index is 13.2. The number of anilines is 1. The molecule has 0 radical (unpaired) electrons. The van der Waals surface area contributed by atoms with Crippen LogP contribution in [0, 0.1) is 18.7 Å². The van der Waals surface area contributed by atoms with E-state index in [1.807, 2.05) is 17.9 Å². The number of hydrogen-bond donors (Lipinski definition) is 2. The molecule has 144 valence electrons. The summed E-state index contributed by atoms with van der Waals surface area (Å²) in [4.78, 5) is 29.5. The van der Waals surface area contributed by atoms with Crippen LogP contribution in [0.2, 0.25) is 5.02 Å². The summed E-state index contributed by atoms with van der Waals surface area (Å²) in [6.07, 6.45) is 4.73. The lowest BCUT2D eigenvalue weighted by molar-refractivity contribution is -0.116. The molecule has 0 aliphatic carbocycles. The van der Waals surface area contributed by atoms with E-state index in [1.54, 1.807) is 6.20 Å². The van der Waals surface area contributed by atoms with Gasteiger partial charge in [0.25, 0.3) is 5.91 Å². The van der Waals surface area contributed by atoms with Gasteiger partial charge in [-0.1, -0.05) is 11.6 Å². The van der Waals surface area contributed by atoms with E-state index in [2.05, 4.69) is 10.3 Å². The van der Waals surface area contributed by atoms with Crippen LogP contribution in [0.25, 0.3) is 0 Å². The van der Waals surface area contributed by atoms with Crippen molar-refractivity contribution in [2.24, 2.45) is 5.92 Å². The molecule has 2 aromatic rings. The van der Waals surface area contributed by atoms with E-state index < -0.39 is 5.82 Å². The summed E-state index contributed by atoms with van der Waals surface area (Å²) in [7, 11) is 0. The maximum Gasteiger partial charge on any atom is 0.255 e. The van der Waals surface area contributed by atoms with E-state index in [0.717, 1.165) is 30.5 Å². The highest BCUT2D eigenvalue weighted by molar-refractivity contribution is 6.31. The zero-order valence-corrected chi connectivity index (χ0v) is 16.0. The lowest BCUT2D eigenvalue weighted by Crippen LogP contribution is -2.38. The highest BCUT2D eigenvalue weighted by atomic mass is 35.5. The standard InChI is InChI=1S/C20H23ClFN3O2/c1-13-16(6-9-23-13)20(27)25-10-7-14(8-11-25)2-5-19(26)24-15-3-4-18(22)17(21)12-15/h3-4,6,9,12,14,23H,2,5,7-8,10-11H2,1H3,(H,24,26). The number of carbonyl (C=O) groups excluding carboxylic acids is 2. The van der Waals surface area contributed by atoms with Crippen molar-refractivity contribution < 1.29 is 14.0 Å². The number of nitrogens with one attached hydrogen (secondary N) is 2. The predicted octanol–water partition coefficient (Wildman–Crippen LogP) is 4.39. The molecule has 3 rings (SSSR count). The summed E-state index contributed by atoms with van der Waals surface area (Å²) in [5, 5.41) is 2.73. The molecule has 0 spiro atoms. The molecule has 2 heterocycles. The zero-order valence-electron chi connectivity index (χ0n) is 15.2. The van der Waals surface area contributed by atoms with Crippen molar-refractivity contribution in [3.63, 3.8) is 0 Å². The van der Waals surface area contributed by atoms with Gasteiger partial charge in [0.1, 0.15) is 5.82 Å². The first kappa shape index (κ1) is 19.4. The van der Waals surface area contributed by atoms with Gasteiger partial charge in [-0.2, -0.15) is 0 Å². The second-order valence-corrected chi connectivity index (χ2v) is 7.37. The fourth-order valence-corrected chi connectivity index (χ4v) is 3.59. The number of carbonyl (C=O) groups is 2. The van der Waals surface area contributed by atoms with Crippen molar-refractivity contribution >= 4 is 29.1 Å². The van der Waals surface area contributed by atoms with Gasteiger partial charge < -0.3 is 15.2 Å². The van der Waals surface area contributed by atoms with Crippen molar-refractivity contribution in [3.8, 4) is 0 Å². The Morgan fingerprint density at radius 1 is 1.30 bits per heavy atom. The SMILES string of the molecule is Cc1[nH]ccc1C(=O)N1CCC(CCC(=O)Nc2ccc(F)c(Cl)c2)CC1. The third kappa shape index (κ3) is 4.89. The molecule has 0 bridgehead atoms. The van der Waals surface area contributed by atoms with Crippen LogP contribution in [0.4, 0.5) is 10.1 Å². The summed E-state index contributed by atoms with van der Waals surface area (Å²) in [6.45, 7) is 3.32. The van der Waals surface area contributed by atoms with E-state index in [4.69, 9.17) is 11.6 Å². The Morgan fingerprint density at radius 2 is 2.04 bits per heavy atom. The van der Waals surface area contributed by atoms with Gasteiger partial charge >= 0.3 is 0 Å². The van der Waals surface area contributed by atoms with Crippen molar-refractivity contribution in [2.75, 3.05) is 18.4 Å². The number of hydrogen-bond acceptors (Lipinski definition) is 2. The highest BCUT2D eigenvalue weighted by Gasteiger charge is 2.25. The molecule has 1 saturated heterocycles. The Hall–Kier alpha value is -2.34. The molecule has 0 atom stereocenters. The smallest absolute Gasteiger partial charge is 0.255 e. The molecular weight excluding hydrogens is 369 g/mol. The number of halogens is 2. The second-order valence-electron chi connectivity index (χ2n) is 6.97. The van der Waals surface area contributed by atoms with Gasteiger partial charge in [-0.3, -0.25) is 9.59 Å². The minimum absolute atomic E-state index is 0.0116. The fourth-order valence-electron chi connectivity index (χ4n) is 3.41. The number of piperidine rings is 1. The monoisotopic (exact) mass is 391 g/mol. The molecule has 0 saturated carbocycles. The van der Waals surface area contributed by atoms with Crippen LogP contribution in [0.3, 0.4) is 0 Å². The minimum atomic E-state index is -0.509. The molecule has 2 N–H and O–H groups in total. The number of aromatic nitrogens is 1. The van der Waals surface area contributed by atoms with Crippen LogP contribution < -0.4 is 5.32 Å². The molecule has 27 heavy (non-hydrogen) atoms. The van der Waals surface area contributed by atoms with Crippen LogP contribution in [-0.4, -0.2) is 34.8 Å². The van der Waals surface area contributed by atoms with Gasteiger partial charge in [0.2, 0.25) is 5.91 Å². The number of H-pyrrole nitrogens is 1. The topological polar surface area (TPSA) is 65.2 Å². The molecule has 0 unspecified atom stereocenters. The Bertz CT molecular complexity index is 828. The second kappa shape index (κ2) is 8.57. The first-order chi connectivity index (χ1) is 12.9. The number of benzene rings is 1. The first-order valence-electron chi connectivity index (χ1n) is 9.12. The number of nitrogens with zero attached hydrogens (tertiary/aromatic N) is 1. The predicted molar refractivity (Wildman–Crippen MR) is 103 cm³/mol. The number of likely N-dealkylation sites (tertiary alicyclic amines) is 1. The van der Waals surface area contributed by atoms with Gasteiger partial charge in [0.15, 0.2) is 0 Å². The van der Waals surface area contributed by atoms with Crippen LogP contribution in [0.5, 0.6) is 0 Å². The largest absolute Gasteiger partial charge is 0.365 e. The Balaban J connectivity index is 1.42. The molecule has 7 heteroatoms. The molecule has 1 fully saturated rings. The molecule has 2 amide bonds. The summed E-state index contributed by atoms with van der Waals surface area (Å²) >= 11 is 5.72. The number of aryl methyl sites for hydroxylation is 1. The zero-order chi connectivity index (χ0) is 19.4. The molecule has 1 aromatic heterocycles. The van der Waals surface area contributed by atoms with Gasteiger partial charge in [-0.25, -0.2) is 4.39 Å². The van der Waals surface area contributed by atoms with E-state index in [9.17, 15) is 14.0 Å². The quantitative estimate of drug-likeness (QED) is 0.794. The van der Waals surface area contributed by atoms with Gasteiger partial charge in [-0.15, -0.1) is 0 Å². The van der Waals surface area contributed by atoms with Gasteiger partial charge in [-0.05, 0) is 56.4 Å². The molecule has 1 aliphatic rings. The normalized spacial score (nSPS) is 15.0. The maximum absolute atomic E-state index is 13.2. The minimum Gasteiger partial charge on any atom is -0.365 e. The van der Waals surface area contributed by atoms with E-state index in [-0.39, 0.29) is 16.8 Å². The summed E-state index contributed by atoms with van der Waals surface area (Å²) < 4.78 is 13.2. The molecule has 1 aromatic carbocycles. The van der Waals surface area contributed by atoms with Crippen LogP contribution in [-0.2, 0) is 4.79 Å². The van der Waals surface area contributed by atoms with Crippen molar-refractivity contribution in [1.82, 2.24) is 9.88 Å². The summed E-state index contributed by atoms with van der Waals surface area (Å²) in [5.41, 5.74) is 2.11. The highest BCUT2D eigenvalue weighted by Crippen LogP contribution is 2.24. The number of aromatic amines is 1. The van der Waals surface area contributed by atoms with E-state index in [1.165, 1.54) is 18.2 Å². The Morgan fingerprint density at radius 3 is 2.67 bits per heavy atom. The molecular formula is C20H23ClFN3O2. The third-order valence-corrected chi connectivity index (χ3v) is 5.36. The lowest BCUT2D eigenvalue weighted by atomic mass is 9.91. The van der Waals surface area contributed by atoms with Crippen molar-refractivity contribution in [3.05, 3.63) is 52.6 Å². The number of amides is 2. The summed E-state index contributed by atoms with van der Waals surface area (Å²) in [6, 6.07) is 5.95. The van der Waals surface area contributed by atoms with Crippen LogP contribution in [0.15, 0.2) is 30.5 Å². The van der Waals surface area contributed by atoms with Gasteiger partial charge in [0.05, 0.1) is 10.6 Å². The summed E-state index contributed by atoms with van der Waals surface area (Å²) in [5.74, 6) is -0.132. The number of rotatable bonds is 5. The average Bonchev–Trinajstić information content (AvgIpc) is 3.09. The molecule has 1 aliphatic heterocycles. The Kier molecular flexibility index (Phi) is 6.16. The first-order valence-corrected chi connectivity index (χ1v) is 9.50. The van der Waals surface area contributed by atoms with Crippen LogP contribution >= 0.6 is 11.6 Å². The third-order valence-electron chi connectivity index (χ3n) is 5.07. The van der Waals surface area contributed by atoms with Gasteiger partial charge in [0, 0.05) is 37.1 Å². The fraction of sp³-hybridized carbons (Fsp3) is 0.400. The average molecular weight is 392 g/mol. The lowest BCUT2D eigenvalue weighted by Gasteiger charge is -2.32. The van der Waals surface area contributed by atoms with Crippen LogP contribution in [0.1, 0.15) is 41.7 Å². The molecule has 5 nitrogen and oxygen atoms in total. The Labute approximate surface area is 162 Å². The van der Waals surface area contributed by atoms with E-state index >= 15 is 0 Å².